The Kier molecular flexibility index (Phi) is 5.01. The predicted molar refractivity (Wildman–Crippen MR) is 98.0 cm³/mol. The molecule has 25 heavy (non-hydrogen) atoms. The van der Waals surface area contributed by atoms with Crippen LogP contribution in [0.1, 0.15) is 43.5 Å². The summed E-state index contributed by atoms with van der Waals surface area (Å²) < 4.78 is 1.86. The van der Waals surface area contributed by atoms with Crippen molar-refractivity contribution < 1.29 is 4.79 Å². The SMILES string of the molecule is Cc1c([C@H]2[C@H](CN=C(N)N3CCC(C)CC3)CC(=O)N2C)cnn1C. The summed E-state index contributed by atoms with van der Waals surface area (Å²) in [4.78, 5) is 20.9. The molecule has 0 saturated carbocycles. The van der Waals surface area contributed by atoms with E-state index in [1.165, 1.54) is 12.8 Å². The Morgan fingerprint density at radius 3 is 2.64 bits per heavy atom. The lowest BCUT2D eigenvalue weighted by molar-refractivity contribution is -0.127. The van der Waals surface area contributed by atoms with Gasteiger partial charge in [-0.15, -0.1) is 0 Å². The number of rotatable bonds is 3. The summed E-state index contributed by atoms with van der Waals surface area (Å²) in [6.45, 7) is 6.86. The van der Waals surface area contributed by atoms with Crippen LogP contribution in [0, 0.1) is 18.8 Å². The van der Waals surface area contributed by atoms with Crippen molar-refractivity contribution >= 4 is 11.9 Å². The number of amides is 1. The van der Waals surface area contributed by atoms with Gasteiger partial charge in [-0.2, -0.15) is 5.10 Å². The van der Waals surface area contributed by atoms with Crippen LogP contribution in [-0.4, -0.2) is 58.1 Å². The fourth-order valence-electron chi connectivity index (χ4n) is 3.93. The van der Waals surface area contributed by atoms with E-state index < -0.39 is 0 Å². The molecule has 3 rings (SSSR count). The molecule has 2 saturated heterocycles. The van der Waals surface area contributed by atoms with E-state index in [4.69, 9.17) is 5.73 Å². The van der Waals surface area contributed by atoms with Gasteiger partial charge in [-0.25, -0.2) is 0 Å². The Bertz CT molecular complexity index is 659. The Balaban J connectivity index is 1.72. The van der Waals surface area contributed by atoms with Crippen LogP contribution in [0.4, 0.5) is 0 Å². The molecule has 138 valence electrons. The molecule has 0 aromatic carbocycles. The zero-order valence-electron chi connectivity index (χ0n) is 15.8. The summed E-state index contributed by atoms with van der Waals surface area (Å²) in [5.41, 5.74) is 8.43. The van der Waals surface area contributed by atoms with E-state index in [1.54, 1.807) is 0 Å². The van der Waals surface area contributed by atoms with Gasteiger partial charge in [0.25, 0.3) is 0 Å². The number of aryl methyl sites for hydroxylation is 1. The summed E-state index contributed by atoms with van der Waals surface area (Å²) in [7, 11) is 3.80. The molecule has 1 aromatic rings. The number of hydrogen-bond acceptors (Lipinski definition) is 3. The Hall–Kier alpha value is -2.05. The lowest BCUT2D eigenvalue weighted by Crippen LogP contribution is -2.42. The third-order valence-electron chi connectivity index (χ3n) is 5.88. The normalized spacial score (nSPS) is 25.9. The summed E-state index contributed by atoms with van der Waals surface area (Å²) in [5, 5.41) is 4.34. The molecule has 7 nitrogen and oxygen atoms in total. The summed E-state index contributed by atoms with van der Waals surface area (Å²) in [6, 6.07) is 0.0270. The molecule has 2 aliphatic heterocycles. The van der Waals surface area contributed by atoms with Gasteiger partial charge in [0.15, 0.2) is 5.96 Å². The molecular weight excluding hydrogens is 316 g/mol. The Morgan fingerprint density at radius 1 is 1.36 bits per heavy atom. The van der Waals surface area contributed by atoms with Gasteiger partial charge in [0.1, 0.15) is 0 Å². The maximum atomic E-state index is 12.3. The molecule has 2 fully saturated rings. The van der Waals surface area contributed by atoms with E-state index in [1.807, 2.05) is 36.8 Å². The minimum Gasteiger partial charge on any atom is -0.370 e. The quantitative estimate of drug-likeness (QED) is 0.661. The second-order valence-corrected chi connectivity index (χ2v) is 7.59. The van der Waals surface area contributed by atoms with Crippen LogP contribution in [0.2, 0.25) is 0 Å². The van der Waals surface area contributed by atoms with E-state index in [2.05, 4.69) is 21.9 Å². The largest absolute Gasteiger partial charge is 0.370 e. The fraction of sp³-hybridized carbons (Fsp3) is 0.722. The number of guanidine groups is 1. The van der Waals surface area contributed by atoms with Gasteiger partial charge in [-0.05, 0) is 25.7 Å². The lowest BCUT2D eigenvalue weighted by atomic mass is 9.94. The number of aromatic nitrogens is 2. The van der Waals surface area contributed by atoms with E-state index in [9.17, 15) is 4.79 Å². The second-order valence-electron chi connectivity index (χ2n) is 7.59. The van der Waals surface area contributed by atoms with Crippen molar-refractivity contribution in [2.75, 3.05) is 26.7 Å². The van der Waals surface area contributed by atoms with Crippen molar-refractivity contribution in [3.63, 3.8) is 0 Å². The third-order valence-corrected chi connectivity index (χ3v) is 5.88. The molecule has 0 radical (unpaired) electrons. The molecule has 7 heteroatoms. The minimum absolute atomic E-state index is 0.0270. The molecule has 0 unspecified atom stereocenters. The average molecular weight is 346 g/mol. The number of piperidine rings is 1. The van der Waals surface area contributed by atoms with Crippen LogP contribution in [-0.2, 0) is 11.8 Å². The second kappa shape index (κ2) is 7.06. The smallest absolute Gasteiger partial charge is 0.223 e. The van der Waals surface area contributed by atoms with Crippen LogP contribution in [0.25, 0.3) is 0 Å². The minimum atomic E-state index is 0.0270. The first kappa shape index (κ1) is 17.8. The van der Waals surface area contributed by atoms with Gasteiger partial charge in [0.05, 0.1) is 12.2 Å². The third kappa shape index (κ3) is 3.50. The number of aliphatic imine (C=N–C) groups is 1. The molecule has 1 aromatic heterocycles. The number of nitrogens with zero attached hydrogens (tertiary/aromatic N) is 5. The van der Waals surface area contributed by atoms with Gasteiger partial charge < -0.3 is 15.5 Å². The van der Waals surface area contributed by atoms with E-state index in [0.717, 1.165) is 30.3 Å². The molecule has 2 atom stereocenters. The summed E-state index contributed by atoms with van der Waals surface area (Å²) >= 11 is 0. The molecular formula is C18H30N6O. The van der Waals surface area contributed by atoms with Crippen molar-refractivity contribution in [2.24, 2.45) is 29.6 Å². The number of hydrogen-bond donors (Lipinski definition) is 1. The molecule has 3 heterocycles. The highest BCUT2D eigenvalue weighted by Gasteiger charge is 2.39. The van der Waals surface area contributed by atoms with E-state index in [-0.39, 0.29) is 17.9 Å². The molecule has 0 bridgehead atoms. The monoisotopic (exact) mass is 346 g/mol. The highest BCUT2D eigenvalue weighted by Crippen LogP contribution is 2.38. The van der Waals surface area contributed by atoms with Crippen LogP contribution in [0.15, 0.2) is 11.2 Å². The van der Waals surface area contributed by atoms with Gasteiger partial charge in [-0.3, -0.25) is 14.5 Å². The zero-order valence-corrected chi connectivity index (χ0v) is 15.8. The maximum Gasteiger partial charge on any atom is 0.223 e. The van der Waals surface area contributed by atoms with Gasteiger partial charge in [-0.1, -0.05) is 6.92 Å². The summed E-state index contributed by atoms with van der Waals surface area (Å²) in [6.07, 6.45) is 4.72. The van der Waals surface area contributed by atoms with Crippen molar-refractivity contribution in [1.29, 1.82) is 0 Å². The van der Waals surface area contributed by atoms with Crippen molar-refractivity contribution in [2.45, 2.75) is 39.2 Å². The van der Waals surface area contributed by atoms with Crippen LogP contribution in [0.5, 0.6) is 0 Å². The van der Waals surface area contributed by atoms with Gasteiger partial charge in [0, 0.05) is 57.3 Å². The standard InChI is InChI=1S/C18H30N6O/c1-12-5-7-24(8-6-12)18(19)20-10-14-9-16(25)22(3)17(14)15-11-21-23(4)13(15)2/h11-12,14,17H,5-10H2,1-4H3,(H2,19,20)/t14-,17+/m0/s1. The highest BCUT2D eigenvalue weighted by molar-refractivity contribution is 5.80. The topological polar surface area (TPSA) is 79.8 Å². The van der Waals surface area contributed by atoms with Gasteiger partial charge in [0.2, 0.25) is 5.91 Å². The lowest BCUT2D eigenvalue weighted by Gasteiger charge is -2.31. The van der Waals surface area contributed by atoms with E-state index in [0.29, 0.717) is 18.9 Å². The fourth-order valence-corrected chi connectivity index (χ4v) is 3.93. The molecule has 2 N–H and O–H groups in total. The van der Waals surface area contributed by atoms with Crippen LogP contribution in [0.3, 0.4) is 0 Å². The highest BCUT2D eigenvalue weighted by atomic mass is 16.2. The molecule has 1 amide bonds. The number of nitrogens with two attached hydrogens (primary N) is 1. The number of carbonyl (C=O) groups is 1. The van der Waals surface area contributed by atoms with Gasteiger partial charge >= 0.3 is 0 Å². The average Bonchev–Trinajstić information content (AvgIpc) is 3.06. The molecule has 2 aliphatic rings. The Morgan fingerprint density at radius 2 is 2.04 bits per heavy atom. The summed E-state index contributed by atoms with van der Waals surface area (Å²) in [5.74, 6) is 1.69. The predicted octanol–water partition coefficient (Wildman–Crippen LogP) is 1.29. The zero-order chi connectivity index (χ0) is 18.1. The first-order chi connectivity index (χ1) is 11.9. The number of likely N-dealkylation sites (tertiary alicyclic amines) is 2. The van der Waals surface area contributed by atoms with Crippen molar-refractivity contribution in [1.82, 2.24) is 19.6 Å². The van der Waals surface area contributed by atoms with Crippen molar-refractivity contribution in [3.8, 4) is 0 Å². The Labute approximate surface area is 149 Å². The maximum absolute atomic E-state index is 12.3. The van der Waals surface area contributed by atoms with Crippen molar-refractivity contribution in [3.05, 3.63) is 17.5 Å². The van der Waals surface area contributed by atoms with Crippen LogP contribution < -0.4 is 5.73 Å². The molecule has 0 spiro atoms. The number of carbonyl (C=O) groups excluding carboxylic acids is 1. The van der Waals surface area contributed by atoms with E-state index >= 15 is 0 Å². The molecule has 0 aliphatic carbocycles. The first-order valence-corrected chi connectivity index (χ1v) is 9.17. The first-order valence-electron chi connectivity index (χ1n) is 9.17. The van der Waals surface area contributed by atoms with Crippen LogP contribution >= 0.6 is 0 Å².